The van der Waals surface area contributed by atoms with Crippen molar-refractivity contribution in [3.63, 3.8) is 0 Å². The number of nitrogens with zero attached hydrogens (tertiary/aromatic N) is 2. The van der Waals surface area contributed by atoms with Gasteiger partial charge in [-0.25, -0.2) is 4.68 Å². The van der Waals surface area contributed by atoms with Gasteiger partial charge >= 0.3 is 6.18 Å². The summed E-state index contributed by atoms with van der Waals surface area (Å²) >= 11 is 0. The van der Waals surface area contributed by atoms with Gasteiger partial charge in [0.1, 0.15) is 5.69 Å². The van der Waals surface area contributed by atoms with Crippen LogP contribution < -0.4 is 10.6 Å². The Hall–Kier alpha value is -2.06. The molecule has 26 heavy (non-hydrogen) atoms. The fourth-order valence-electron chi connectivity index (χ4n) is 2.93. The van der Waals surface area contributed by atoms with Gasteiger partial charge < -0.3 is 10.6 Å². The summed E-state index contributed by atoms with van der Waals surface area (Å²) in [5, 5.41) is 9.77. The van der Waals surface area contributed by atoms with E-state index >= 15 is 0 Å². The lowest BCUT2D eigenvalue weighted by Crippen LogP contribution is -2.54. The molecule has 1 aliphatic heterocycles. The number of piperidine rings is 1. The predicted molar refractivity (Wildman–Crippen MR) is 94.7 cm³/mol. The maximum Gasteiger partial charge on any atom is 0.433 e. The van der Waals surface area contributed by atoms with Gasteiger partial charge in [0.2, 0.25) is 5.91 Å². The van der Waals surface area contributed by atoms with Crippen LogP contribution in [0.25, 0.3) is 5.69 Å². The van der Waals surface area contributed by atoms with Crippen LogP contribution in [-0.4, -0.2) is 27.8 Å². The Kier molecular flexibility index (Phi) is 5.98. The lowest BCUT2D eigenvalue weighted by molar-refractivity contribution is -0.142. The molecule has 0 aliphatic carbocycles. The zero-order chi connectivity index (χ0) is 18.1. The van der Waals surface area contributed by atoms with Gasteiger partial charge in [0.15, 0.2) is 0 Å². The van der Waals surface area contributed by atoms with E-state index in [4.69, 9.17) is 0 Å². The first-order chi connectivity index (χ1) is 11.8. The van der Waals surface area contributed by atoms with Crippen molar-refractivity contribution in [1.82, 2.24) is 15.1 Å². The molecule has 5 nitrogen and oxygen atoms in total. The number of benzene rings is 1. The molecule has 9 heteroatoms. The summed E-state index contributed by atoms with van der Waals surface area (Å²) < 4.78 is 39.7. The molecule has 3 rings (SSSR count). The molecule has 1 saturated heterocycles. The van der Waals surface area contributed by atoms with Gasteiger partial charge in [-0.1, -0.05) is 0 Å². The smallest absolute Gasteiger partial charge is 0.324 e. The quantitative estimate of drug-likeness (QED) is 0.841. The molecule has 1 aromatic heterocycles. The van der Waals surface area contributed by atoms with E-state index in [9.17, 15) is 18.0 Å². The standard InChI is InChI=1S/C17H19F3N4O.ClH/c1-16(9-2-3-10-21-16)15(25)23-12-4-6-13(7-5-12)24-14(8-11-22-24)17(18,19)20;/h4-8,11,21H,2-3,9-10H2,1H3,(H,23,25);1H. The second-order valence-electron chi connectivity index (χ2n) is 6.34. The van der Waals surface area contributed by atoms with Crippen molar-refractivity contribution in [2.24, 2.45) is 0 Å². The molecule has 1 aromatic carbocycles. The number of carbonyl (C=O) groups is 1. The van der Waals surface area contributed by atoms with Crippen molar-refractivity contribution in [2.75, 3.05) is 11.9 Å². The number of amides is 1. The van der Waals surface area contributed by atoms with Crippen LogP contribution in [0.4, 0.5) is 18.9 Å². The Morgan fingerprint density at radius 3 is 2.50 bits per heavy atom. The van der Waals surface area contributed by atoms with E-state index in [2.05, 4.69) is 15.7 Å². The molecule has 0 bridgehead atoms. The molecule has 0 radical (unpaired) electrons. The molecule has 0 spiro atoms. The lowest BCUT2D eigenvalue weighted by atomic mass is 9.90. The van der Waals surface area contributed by atoms with Gasteiger partial charge in [-0.05, 0) is 63.1 Å². The third kappa shape index (κ3) is 4.19. The summed E-state index contributed by atoms with van der Waals surface area (Å²) in [5.74, 6) is -0.144. The zero-order valence-electron chi connectivity index (χ0n) is 14.1. The van der Waals surface area contributed by atoms with E-state index in [-0.39, 0.29) is 24.0 Å². The van der Waals surface area contributed by atoms with E-state index in [1.54, 1.807) is 12.1 Å². The number of nitrogens with one attached hydrogen (secondary N) is 2. The van der Waals surface area contributed by atoms with Crippen molar-refractivity contribution in [1.29, 1.82) is 0 Å². The largest absolute Gasteiger partial charge is 0.433 e. The van der Waals surface area contributed by atoms with Crippen LogP contribution in [0.5, 0.6) is 0 Å². The Morgan fingerprint density at radius 2 is 1.92 bits per heavy atom. The Labute approximate surface area is 155 Å². The highest BCUT2D eigenvalue weighted by molar-refractivity contribution is 5.97. The minimum atomic E-state index is -4.48. The van der Waals surface area contributed by atoms with Crippen molar-refractivity contribution in [3.8, 4) is 5.69 Å². The molecule has 2 aromatic rings. The van der Waals surface area contributed by atoms with E-state index in [0.29, 0.717) is 5.69 Å². The number of rotatable bonds is 3. The number of hydrogen-bond acceptors (Lipinski definition) is 3. The SMILES string of the molecule is CC1(C(=O)Nc2ccc(-n3nccc3C(F)(F)F)cc2)CCCCN1.Cl. The van der Waals surface area contributed by atoms with E-state index in [1.807, 2.05) is 6.92 Å². The number of carbonyl (C=O) groups excluding carboxylic acids is 1. The van der Waals surface area contributed by atoms with E-state index in [0.717, 1.165) is 42.8 Å². The molecule has 142 valence electrons. The van der Waals surface area contributed by atoms with Gasteiger partial charge in [0.05, 0.1) is 17.4 Å². The average Bonchev–Trinajstić information content (AvgIpc) is 3.06. The van der Waals surface area contributed by atoms with Crippen LogP contribution in [0.1, 0.15) is 31.9 Å². The number of alkyl halides is 3. The fraction of sp³-hybridized carbons (Fsp3) is 0.412. The van der Waals surface area contributed by atoms with Gasteiger partial charge in [0.25, 0.3) is 0 Å². The summed E-state index contributed by atoms with van der Waals surface area (Å²) in [6, 6.07) is 7.05. The summed E-state index contributed by atoms with van der Waals surface area (Å²) in [5.41, 5.74) is -0.661. The monoisotopic (exact) mass is 388 g/mol. The van der Waals surface area contributed by atoms with Crippen molar-refractivity contribution >= 4 is 24.0 Å². The molecule has 1 unspecified atom stereocenters. The van der Waals surface area contributed by atoms with Gasteiger partial charge in [-0.15, -0.1) is 12.4 Å². The highest BCUT2D eigenvalue weighted by Crippen LogP contribution is 2.30. The van der Waals surface area contributed by atoms with Gasteiger partial charge in [-0.3, -0.25) is 4.79 Å². The first-order valence-electron chi connectivity index (χ1n) is 8.08. The lowest BCUT2D eigenvalue weighted by Gasteiger charge is -2.33. The minimum Gasteiger partial charge on any atom is -0.324 e. The van der Waals surface area contributed by atoms with Crippen molar-refractivity contribution < 1.29 is 18.0 Å². The van der Waals surface area contributed by atoms with Crippen LogP contribution >= 0.6 is 12.4 Å². The highest BCUT2D eigenvalue weighted by atomic mass is 35.5. The topological polar surface area (TPSA) is 59.0 Å². The Bertz CT molecular complexity index is 752. The summed E-state index contributed by atoms with van der Waals surface area (Å²) in [6.45, 7) is 2.65. The summed E-state index contributed by atoms with van der Waals surface area (Å²) in [7, 11) is 0. The molecular formula is C17H20ClF3N4O. The number of aromatic nitrogens is 2. The van der Waals surface area contributed by atoms with Crippen molar-refractivity contribution in [3.05, 3.63) is 42.2 Å². The second kappa shape index (κ2) is 7.67. The number of hydrogen-bond donors (Lipinski definition) is 2. The van der Waals surface area contributed by atoms with E-state index < -0.39 is 17.4 Å². The summed E-state index contributed by atoms with van der Waals surface area (Å²) in [6.07, 6.45) is -0.601. The van der Waals surface area contributed by atoms with Crippen LogP contribution in [0, 0.1) is 0 Å². The van der Waals surface area contributed by atoms with Crippen LogP contribution in [0.15, 0.2) is 36.5 Å². The van der Waals surface area contributed by atoms with Crippen molar-refractivity contribution in [2.45, 2.75) is 37.9 Å². The molecular weight excluding hydrogens is 369 g/mol. The second-order valence-corrected chi connectivity index (χ2v) is 6.34. The molecule has 2 N–H and O–H groups in total. The zero-order valence-corrected chi connectivity index (χ0v) is 15.0. The Morgan fingerprint density at radius 1 is 1.23 bits per heavy atom. The Balaban J connectivity index is 0.00000243. The molecule has 1 fully saturated rings. The fourth-order valence-corrected chi connectivity index (χ4v) is 2.93. The maximum absolute atomic E-state index is 12.9. The summed E-state index contributed by atoms with van der Waals surface area (Å²) in [4.78, 5) is 12.4. The normalized spacial score (nSPS) is 20.3. The molecule has 1 aliphatic rings. The first kappa shape index (κ1) is 20.3. The molecule has 1 atom stereocenters. The third-order valence-corrected chi connectivity index (χ3v) is 4.42. The van der Waals surface area contributed by atoms with E-state index in [1.165, 1.54) is 12.1 Å². The number of halogens is 4. The molecule has 0 saturated carbocycles. The minimum absolute atomic E-state index is 0. The van der Waals surface area contributed by atoms with Gasteiger partial charge in [0, 0.05) is 5.69 Å². The molecule has 1 amide bonds. The third-order valence-electron chi connectivity index (χ3n) is 4.42. The number of anilines is 1. The van der Waals surface area contributed by atoms with Crippen LogP contribution in [0.3, 0.4) is 0 Å². The maximum atomic E-state index is 12.9. The first-order valence-corrected chi connectivity index (χ1v) is 8.08. The molecule has 2 heterocycles. The average molecular weight is 389 g/mol. The van der Waals surface area contributed by atoms with Crippen LogP contribution in [0.2, 0.25) is 0 Å². The van der Waals surface area contributed by atoms with Gasteiger partial charge in [-0.2, -0.15) is 18.3 Å². The highest BCUT2D eigenvalue weighted by Gasteiger charge is 2.35. The predicted octanol–water partition coefficient (Wildman–Crippen LogP) is 3.78. The van der Waals surface area contributed by atoms with Crippen LogP contribution in [-0.2, 0) is 11.0 Å².